The molecule has 1 aliphatic heterocycles. The fourth-order valence-corrected chi connectivity index (χ4v) is 5.57. The molecule has 3 N–H and O–H groups in total. The van der Waals surface area contributed by atoms with Crippen LogP contribution in [0.25, 0.3) is 0 Å². The normalized spacial score (nSPS) is 14.3. The zero-order valence-electron chi connectivity index (χ0n) is 23.6. The number of esters is 1. The van der Waals surface area contributed by atoms with Gasteiger partial charge in [-0.2, -0.15) is 10.4 Å². The molecule has 1 amide bonds. The molecular formula is C31H27BrClN5O5S. The van der Waals surface area contributed by atoms with Crippen LogP contribution >= 0.6 is 39.7 Å². The summed E-state index contributed by atoms with van der Waals surface area (Å²) in [6, 6.07) is 19.0. The summed E-state index contributed by atoms with van der Waals surface area (Å²) in [4.78, 5) is 25.3. The van der Waals surface area contributed by atoms with Gasteiger partial charge >= 0.3 is 5.97 Å². The number of carbonyl (C=O) groups is 2. The van der Waals surface area contributed by atoms with Gasteiger partial charge < -0.3 is 24.8 Å². The van der Waals surface area contributed by atoms with E-state index >= 15 is 0 Å². The summed E-state index contributed by atoms with van der Waals surface area (Å²) < 4.78 is 17.5. The van der Waals surface area contributed by atoms with Crippen LogP contribution in [0.1, 0.15) is 42.1 Å². The molecule has 0 bridgehead atoms. The van der Waals surface area contributed by atoms with Crippen molar-refractivity contribution in [2.75, 3.05) is 13.2 Å². The van der Waals surface area contributed by atoms with Crippen molar-refractivity contribution in [1.82, 2.24) is 16.1 Å². The Morgan fingerprint density at radius 2 is 1.93 bits per heavy atom. The lowest BCUT2D eigenvalue weighted by atomic mass is 9.95. The zero-order valence-corrected chi connectivity index (χ0v) is 26.8. The number of ether oxygens (including phenoxy) is 3. The molecule has 1 heterocycles. The molecule has 0 fully saturated rings. The molecule has 44 heavy (non-hydrogen) atoms. The fourth-order valence-electron chi connectivity index (χ4n) is 4.31. The molecule has 1 aliphatic rings. The molecule has 13 heteroatoms. The molecule has 0 aromatic heterocycles. The van der Waals surface area contributed by atoms with Crippen LogP contribution in [0.3, 0.4) is 0 Å². The fraction of sp³-hybridized carbons (Fsp3) is 0.194. The molecule has 0 saturated carbocycles. The van der Waals surface area contributed by atoms with Gasteiger partial charge in [-0.1, -0.05) is 48.0 Å². The Hall–Kier alpha value is -4.44. The van der Waals surface area contributed by atoms with E-state index in [0.29, 0.717) is 54.1 Å². The summed E-state index contributed by atoms with van der Waals surface area (Å²) in [7, 11) is 0. The lowest BCUT2D eigenvalue weighted by Gasteiger charge is -2.30. The van der Waals surface area contributed by atoms with Crippen LogP contribution in [0.2, 0.25) is 5.02 Å². The van der Waals surface area contributed by atoms with Crippen molar-refractivity contribution in [3.05, 3.63) is 104 Å². The monoisotopic (exact) mass is 695 g/mol. The van der Waals surface area contributed by atoms with Crippen molar-refractivity contribution in [1.29, 1.82) is 5.26 Å². The number of para-hydroxylation sites is 1. The van der Waals surface area contributed by atoms with E-state index in [0.717, 1.165) is 5.56 Å². The predicted molar refractivity (Wildman–Crippen MR) is 173 cm³/mol. The van der Waals surface area contributed by atoms with E-state index in [1.54, 1.807) is 62.4 Å². The lowest BCUT2D eigenvalue weighted by Crippen LogP contribution is -2.45. The van der Waals surface area contributed by atoms with E-state index in [1.807, 2.05) is 12.1 Å². The number of nitriles is 1. The Kier molecular flexibility index (Phi) is 11.3. The molecule has 0 saturated heterocycles. The zero-order chi connectivity index (χ0) is 31.6. The summed E-state index contributed by atoms with van der Waals surface area (Å²) in [5.74, 6) is -0.210. The molecule has 3 aromatic carbocycles. The van der Waals surface area contributed by atoms with Gasteiger partial charge in [-0.05, 0) is 71.8 Å². The minimum atomic E-state index is -0.642. The van der Waals surface area contributed by atoms with Crippen molar-refractivity contribution in [2.24, 2.45) is 5.10 Å². The first kappa shape index (κ1) is 32.5. The number of allylic oxidation sites excluding steroid dienone is 1. The van der Waals surface area contributed by atoms with Crippen molar-refractivity contribution >= 4 is 63.0 Å². The summed E-state index contributed by atoms with van der Waals surface area (Å²) in [5, 5.41) is 20.0. The van der Waals surface area contributed by atoms with Crippen molar-refractivity contribution < 1.29 is 23.8 Å². The Morgan fingerprint density at radius 1 is 1.18 bits per heavy atom. The number of carbonyl (C=O) groups excluding carboxylic acids is 2. The topological polar surface area (TPSA) is 134 Å². The van der Waals surface area contributed by atoms with E-state index in [4.69, 9.17) is 38.0 Å². The van der Waals surface area contributed by atoms with Crippen LogP contribution in [-0.2, 0) is 20.9 Å². The molecule has 0 radical (unpaired) electrons. The summed E-state index contributed by atoms with van der Waals surface area (Å²) in [5.41, 5.74) is 5.81. The van der Waals surface area contributed by atoms with Crippen LogP contribution in [0.5, 0.6) is 11.5 Å². The second kappa shape index (κ2) is 15.3. The minimum Gasteiger partial charge on any atom is -0.486 e. The molecule has 226 valence electrons. The molecule has 0 aliphatic carbocycles. The smallest absolute Gasteiger partial charge is 0.338 e. The third-order valence-electron chi connectivity index (χ3n) is 6.29. The number of rotatable bonds is 11. The maximum Gasteiger partial charge on any atom is 0.338 e. The molecule has 0 unspecified atom stereocenters. The quantitative estimate of drug-likeness (QED) is 0.104. The highest BCUT2D eigenvalue weighted by Gasteiger charge is 2.32. The third-order valence-corrected chi connectivity index (χ3v) is 7.38. The van der Waals surface area contributed by atoms with Crippen LogP contribution in [-0.4, -0.2) is 36.4 Å². The Balaban J connectivity index is 1.38. The number of nitrogens with zero attached hydrogens (tertiary/aromatic N) is 2. The van der Waals surface area contributed by atoms with Crippen LogP contribution in [0.15, 0.2) is 81.5 Å². The van der Waals surface area contributed by atoms with Gasteiger partial charge in [-0.25, -0.2) is 10.2 Å². The third kappa shape index (κ3) is 8.13. The van der Waals surface area contributed by atoms with Gasteiger partial charge in [0.25, 0.3) is 5.91 Å². The van der Waals surface area contributed by atoms with Gasteiger partial charge in [0.2, 0.25) is 0 Å². The van der Waals surface area contributed by atoms with E-state index in [2.05, 4.69) is 43.2 Å². The average molecular weight is 697 g/mol. The largest absolute Gasteiger partial charge is 0.486 e. The second-order valence-corrected chi connectivity index (χ2v) is 11.0. The maximum absolute atomic E-state index is 12.7. The predicted octanol–water partition coefficient (Wildman–Crippen LogP) is 5.44. The summed E-state index contributed by atoms with van der Waals surface area (Å²) in [6.45, 7) is 3.50. The first-order valence-corrected chi connectivity index (χ1v) is 14.9. The molecule has 1 atom stereocenters. The van der Waals surface area contributed by atoms with Gasteiger partial charge in [0.15, 0.2) is 17.5 Å². The van der Waals surface area contributed by atoms with Gasteiger partial charge in [0.1, 0.15) is 12.4 Å². The number of hydrogen-bond donors (Lipinski definition) is 3. The number of nitrogens with one attached hydrogen (secondary N) is 3. The summed E-state index contributed by atoms with van der Waals surface area (Å²) in [6.07, 6.45) is 1.43. The Morgan fingerprint density at radius 3 is 2.68 bits per heavy atom. The van der Waals surface area contributed by atoms with Crippen LogP contribution in [0.4, 0.5) is 0 Å². The van der Waals surface area contributed by atoms with E-state index < -0.39 is 17.9 Å². The highest BCUT2D eigenvalue weighted by atomic mass is 79.9. The van der Waals surface area contributed by atoms with Gasteiger partial charge in [0.05, 0.1) is 45.6 Å². The van der Waals surface area contributed by atoms with Crippen LogP contribution in [0, 0.1) is 11.3 Å². The molecule has 3 aromatic rings. The highest BCUT2D eigenvalue weighted by molar-refractivity contribution is 9.10. The molecule has 10 nitrogen and oxygen atoms in total. The van der Waals surface area contributed by atoms with Crippen molar-refractivity contribution in [3.8, 4) is 17.6 Å². The van der Waals surface area contributed by atoms with Crippen molar-refractivity contribution in [3.63, 3.8) is 0 Å². The lowest BCUT2D eigenvalue weighted by molar-refractivity contribution is -0.139. The number of hydrogen-bond acceptors (Lipinski definition) is 8. The Bertz CT molecular complexity index is 1670. The molecular weight excluding hydrogens is 670 g/mol. The van der Waals surface area contributed by atoms with Gasteiger partial charge in [0, 0.05) is 16.8 Å². The van der Waals surface area contributed by atoms with E-state index in [1.165, 1.54) is 6.21 Å². The first-order chi connectivity index (χ1) is 21.2. The van der Waals surface area contributed by atoms with Gasteiger partial charge in [-0.3, -0.25) is 4.79 Å². The number of hydrazone groups is 1. The molecule has 4 rings (SSSR count). The second-order valence-electron chi connectivity index (χ2n) is 9.28. The number of benzene rings is 3. The van der Waals surface area contributed by atoms with Crippen molar-refractivity contribution in [2.45, 2.75) is 26.5 Å². The number of amides is 1. The number of halogens is 2. The standard InChI is InChI=1S/C31H27BrClN5O5S/c1-3-41-30(40)27-18(2)36-31(44)37-28(27)22-10-6-7-11-25(22)42-17-26(39)38-35-15-19-12-23(32)29(24(33)13-19)43-16-21-9-5-4-8-20(21)14-34/h4-13,15,28H,3,16-17H2,1-2H3,(H,38,39)(H2,36,37,44)/t28-/m0/s1. The first-order valence-electron chi connectivity index (χ1n) is 13.3. The summed E-state index contributed by atoms with van der Waals surface area (Å²) >= 11 is 15.2. The van der Waals surface area contributed by atoms with Crippen LogP contribution < -0.4 is 25.5 Å². The Labute approximate surface area is 273 Å². The van der Waals surface area contributed by atoms with E-state index in [9.17, 15) is 14.9 Å². The van der Waals surface area contributed by atoms with E-state index in [-0.39, 0.29) is 19.8 Å². The maximum atomic E-state index is 12.7. The number of thiocarbonyl (C=S) groups is 1. The average Bonchev–Trinajstić information content (AvgIpc) is 2.99. The highest BCUT2D eigenvalue weighted by Crippen LogP contribution is 2.35. The van der Waals surface area contributed by atoms with Gasteiger partial charge in [-0.15, -0.1) is 0 Å². The molecule has 0 spiro atoms. The SMILES string of the molecule is CCOC(=O)C1=C(C)NC(=S)N[C@H]1c1ccccc1OCC(=O)NN=Cc1cc(Cl)c(OCc2ccccc2C#N)c(Br)c1. The minimum absolute atomic E-state index is 0.162.